The first-order valence-corrected chi connectivity index (χ1v) is 8.07. The van der Waals surface area contributed by atoms with Gasteiger partial charge in [0.25, 0.3) is 5.91 Å². The van der Waals surface area contributed by atoms with Crippen LogP contribution in [0.25, 0.3) is 6.08 Å². The third-order valence-corrected chi connectivity index (χ3v) is 4.70. The highest BCUT2D eigenvalue weighted by Crippen LogP contribution is 2.31. The van der Waals surface area contributed by atoms with E-state index in [9.17, 15) is 9.18 Å². The van der Waals surface area contributed by atoms with Crippen LogP contribution in [0.3, 0.4) is 0 Å². The molecule has 0 atom stereocenters. The number of thioether (sulfide) groups is 1. The normalized spacial score (nSPS) is 21.6. The van der Waals surface area contributed by atoms with Gasteiger partial charge in [-0.05, 0) is 48.4 Å². The molecule has 0 N–H and O–H groups in total. The Hall–Kier alpha value is -1.62. The topological polar surface area (TPSA) is 32.7 Å². The van der Waals surface area contributed by atoms with E-state index in [0.717, 1.165) is 36.7 Å². The molecule has 0 radical (unpaired) electrons. The first kappa shape index (κ1) is 14.3. The van der Waals surface area contributed by atoms with Crippen molar-refractivity contribution in [2.75, 3.05) is 13.1 Å². The summed E-state index contributed by atoms with van der Waals surface area (Å²) in [6.45, 7) is 1.95. The van der Waals surface area contributed by atoms with Crippen molar-refractivity contribution in [3.8, 4) is 0 Å². The zero-order valence-electron chi connectivity index (χ0n) is 11.7. The van der Waals surface area contributed by atoms with Crippen LogP contribution in [0.4, 0.5) is 4.39 Å². The maximum atomic E-state index is 12.9. The number of halogens is 1. The van der Waals surface area contributed by atoms with E-state index >= 15 is 0 Å². The molecule has 1 amide bonds. The highest BCUT2D eigenvalue weighted by atomic mass is 32.2. The Balaban J connectivity index is 1.73. The summed E-state index contributed by atoms with van der Waals surface area (Å²) < 4.78 is 12.9. The van der Waals surface area contributed by atoms with Crippen LogP contribution in [0.5, 0.6) is 0 Å². The highest BCUT2D eigenvalue weighted by Gasteiger charge is 2.26. The molecule has 3 rings (SSSR count). The standard InChI is InChI=1S/C16H17FN2OS/c17-13-7-5-12(6-8-13)11-14-15(20)18-16(21-14)19-9-3-1-2-4-10-19/h5-8,11H,1-4,9-10H2. The molecule has 2 heterocycles. The minimum Gasteiger partial charge on any atom is -0.351 e. The van der Waals surface area contributed by atoms with Gasteiger partial charge in [0.15, 0.2) is 5.17 Å². The van der Waals surface area contributed by atoms with Crippen molar-refractivity contribution in [3.63, 3.8) is 0 Å². The molecule has 1 aromatic rings. The fraction of sp³-hybridized carbons (Fsp3) is 0.375. The monoisotopic (exact) mass is 304 g/mol. The minimum absolute atomic E-state index is 0.191. The molecule has 1 aromatic carbocycles. The van der Waals surface area contributed by atoms with Gasteiger partial charge in [0, 0.05) is 13.1 Å². The van der Waals surface area contributed by atoms with Crippen molar-refractivity contribution in [3.05, 3.63) is 40.6 Å². The fourth-order valence-corrected chi connectivity index (χ4v) is 3.47. The Kier molecular flexibility index (Phi) is 4.39. The fourth-order valence-electron chi connectivity index (χ4n) is 2.51. The third kappa shape index (κ3) is 3.53. The summed E-state index contributed by atoms with van der Waals surface area (Å²) in [6.07, 6.45) is 6.59. The molecular weight excluding hydrogens is 287 g/mol. The first-order chi connectivity index (χ1) is 10.2. The van der Waals surface area contributed by atoms with Gasteiger partial charge >= 0.3 is 0 Å². The Morgan fingerprint density at radius 2 is 1.76 bits per heavy atom. The average molecular weight is 304 g/mol. The van der Waals surface area contributed by atoms with Crippen LogP contribution >= 0.6 is 11.8 Å². The Morgan fingerprint density at radius 1 is 1.10 bits per heavy atom. The van der Waals surface area contributed by atoms with Gasteiger partial charge in [0.05, 0.1) is 4.91 Å². The minimum atomic E-state index is -0.274. The molecule has 2 aliphatic heterocycles. The summed E-state index contributed by atoms with van der Waals surface area (Å²) in [6, 6.07) is 6.13. The van der Waals surface area contributed by atoms with Crippen LogP contribution in [0.15, 0.2) is 34.2 Å². The smallest absolute Gasteiger partial charge is 0.286 e. The van der Waals surface area contributed by atoms with E-state index in [1.807, 2.05) is 0 Å². The molecule has 3 nitrogen and oxygen atoms in total. The lowest BCUT2D eigenvalue weighted by molar-refractivity contribution is -0.113. The van der Waals surface area contributed by atoms with E-state index < -0.39 is 0 Å². The van der Waals surface area contributed by atoms with E-state index in [4.69, 9.17) is 0 Å². The van der Waals surface area contributed by atoms with Crippen LogP contribution in [0.2, 0.25) is 0 Å². The summed E-state index contributed by atoms with van der Waals surface area (Å²) in [4.78, 5) is 19.0. The maximum absolute atomic E-state index is 12.9. The molecular formula is C16H17FN2OS. The van der Waals surface area contributed by atoms with E-state index in [-0.39, 0.29) is 11.7 Å². The molecule has 110 valence electrons. The average Bonchev–Trinajstić information content (AvgIpc) is 2.69. The van der Waals surface area contributed by atoms with Gasteiger partial charge in [0.2, 0.25) is 0 Å². The van der Waals surface area contributed by atoms with Crippen molar-refractivity contribution in [1.29, 1.82) is 0 Å². The number of benzene rings is 1. The van der Waals surface area contributed by atoms with Gasteiger partial charge in [-0.25, -0.2) is 4.39 Å². The van der Waals surface area contributed by atoms with E-state index in [1.54, 1.807) is 18.2 Å². The summed E-state index contributed by atoms with van der Waals surface area (Å²) in [5.41, 5.74) is 0.819. The van der Waals surface area contributed by atoms with Crippen LogP contribution in [0, 0.1) is 5.82 Å². The molecule has 0 saturated carbocycles. The van der Waals surface area contributed by atoms with E-state index in [1.165, 1.54) is 36.7 Å². The largest absolute Gasteiger partial charge is 0.351 e. The number of carbonyl (C=O) groups excluding carboxylic acids is 1. The van der Waals surface area contributed by atoms with Crippen molar-refractivity contribution in [1.82, 2.24) is 4.90 Å². The van der Waals surface area contributed by atoms with Gasteiger partial charge in [-0.3, -0.25) is 4.79 Å². The van der Waals surface area contributed by atoms with Gasteiger partial charge < -0.3 is 4.90 Å². The van der Waals surface area contributed by atoms with E-state index in [0.29, 0.717) is 4.91 Å². The van der Waals surface area contributed by atoms with Crippen LogP contribution in [-0.2, 0) is 4.79 Å². The lowest BCUT2D eigenvalue weighted by Gasteiger charge is -2.20. The second kappa shape index (κ2) is 6.43. The van der Waals surface area contributed by atoms with Gasteiger partial charge in [0.1, 0.15) is 5.82 Å². The Morgan fingerprint density at radius 3 is 2.43 bits per heavy atom. The predicted molar refractivity (Wildman–Crippen MR) is 84.5 cm³/mol. The van der Waals surface area contributed by atoms with Crippen molar-refractivity contribution >= 4 is 28.9 Å². The van der Waals surface area contributed by atoms with Crippen LogP contribution < -0.4 is 0 Å². The molecule has 0 bridgehead atoms. The molecule has 2 aliphatic rings. The second-order valence-electron chi connectivity index (χ2n) is 5.26. The third-order valence-electron chi connectivity index (χ3n) is 3.65. The molecule has 21 heavy (non-hydrogen) atoms. The van der Waals surface area contributed by atoms with Crippen LogP contribution in [0.1, 0.15) is 31.2 Å². The quantitative estimate of drug-likeness (QED) is 0.742. The van der Waals surface area contributed by atoms with Gasteiger partial charge in [-0.15, -0.1) is 0 Å². The molecule has 0 spiro atoms. The molecule has 0 aromatic heterocycles. The van der Waals surface area contributed by atoms with Crippen LogP contribution in [-0.4, -0.2) is 29.1 Å². The number of rotatable bonds is 1. The summed E-state index contributed by atoms with van der Waals surface area (Å²) in [5.74, 6) is -0.465. The van der Waals surface area contributed by atoms with E-state index in [2.05, 4.69) is 9.89 Å². The molecule has 0 aliphatic carbocycles. The second-order valence-corrected chi connectivity index (χ2v) is 6.27. The van der Waals surface area contributed by atoms with Crippen molar-refractivity contribution in [2.45, 2.75) is 25.7 Å². The molecule has 1 saturated heterocycles. The SMILES string of the molecule is O=C1N=C(N2CCCCCC2)SC1=Cc1ccc(F)cc1. The first-order valence-electron chi connectivity index (χ1n) is 7.25. The zero-order valence-corrected chi connectivity index (χ0v) is 12.5. The highest BCUT2D eigenvalue weighted by molar-refractivity contribution is 8.18. The molecule has 0 unspecified atom stereocenters. The number of amidine groups is 1. The lowest BCUT2D eigenvalue weighted by atomic mass is 10.2. The number of aliphatic imine (C=N–C) groups is 1. The number of likely N-dealkylation sites (tertiary alicyclic amines) is 1. The number of nitrogens with zero attached hydrogens (tertiary/aromatic N) is 2. The van der Waals surface area contributed by atoms with Gasteiger partial charge in [-0.2, -0.15) is 4.99 Å². The summed E-state index contributed by atoms with van der Waals surface area (Å²) in [5, 5.41) is 0.815. The lowest BCUT2D eigenvalue weighted by Crippen LogP contribution is -2.28. The Labute approximate surface area is 127 Å². The molecule has 1 fully saturated rings. The maximum Gasteiger partial charge on any atom is 0.286 e. The zero-order chi connectivity index (χ0) is 14.7. The van der Waals surface area contributed by atoms with Crippen molar-refractivity contribution < 1.29 is 9.18 Å². The number of hydrogen-bond donors (Lipinski definition) is 0. The summed E-state index contributed by atoms with van der Waals surface area (Å²) >= 11 is 1.43. The summed E-state index contributed by atoms with van der Waals surface area (Å²) in [7, 11) is 0. The number of carbonyl (C=O) groups is 1. The molecule has 5 heteroatoms. The van der Waals surface area contributed by atoms with Gasteiger partial charge in [-0.1, -0.05) is 25.0 Å². The Bertz CT molecular complexity index is 587. The number of amides is 1. The number of hydrogen-bond acceptors (Lipinski definition) is 3. The van der Waals surface area contributed by atoms with Crippen molar-refractivity contribution in [2.24, 2.45) is 4.99 Å². The predicted octanol–water partition coefficient (Wildman–Crippen LogP) is 3.67.